The van der Waals surface area contributed by atoms with Crippen molar-refractivity contribution in [1.29, 1.82) is 0 Å². The van der Waals surface area contributed by atoms with Gasteiger partial charge in [-0.15, -0.1) is 0 Å². The summed E-state index contributed by atoms with van der Waals surface area (Å²) in [6, 6.07) is 19.9. The van der Waals surface area contributed by atoms with E-state index < -0.39 is 27.9 Å². The number of nitrogens with one attached hydrogen (secondary N) is 1. The number of ether oxygens (including phenoxy) is 2. The Kier molecular flexibility index (Phi) is 8.04. The molecule has 5 rings (SSSR count). The number of nitrogens with zero attached hydrogens (tertiary/aromatic N) is 2. The molecule has 3 aromatic carbocycles. The maximum Gasteiger partial charge on any atom is 0.263 e. The average molecular weight is 568 g/mol. The monoisotopic (exact) mass is 567 g/mol. The second-order valence-corrected chi connectivity index (χ2v) is 11.6. The van der Waals surface area contributed by atoms with Crippen molar-refractivity contribution in [2.24, 2.45) is 5.92 Å². The van der Waals surface area contributed by atoms with Crippen LogP contribution in [-0.2, 0) is 26.2 Å². The van der Waals surface area contributed by atoms with Crippen LogP contribution in [0.15, 0.2) is 77.7 Å². The molecule has 3 aromatic rings. The van der Waals surface area contributed by atoms with Gasteiger partial charge in [-0.25, -0.2) is 12.8 Å². The Morgan fingerprint density at radius 2 is 1.73 bits per heavy atom. The highest BCUT2D eigenvalue weighted by atomic mass is 32.2. The molecule has 0 spiro atoms. The second-order valence-electron chi connectivity index (χ2n) is 9.70. The number of para-hydroxylation sites is 2. The molecule has 2 aliphatic heterocycles. The van der Waals surface area contributed by atoms with E-state index >= 15 is 0 Å². The van der Waals surface area contributed by atoms with E-state index in [4.69, 9.17) is 9.47 Å². The van der Waals surface area contributed by atoms with Gasteiger partial charge >= 0.3 is 0 Å². The number of rotatable bonds is 7. The number of piperidine rings is 1. The Bertz CT molecular complexity index is 1490. The van der Waals surface area contributed by atoms with Gasteiger partial charge in [0.05, 0.1) is 19.3 Å². The Morgan fingerprint density at radius 3 is 2.45 bits per heavy atom. The van der Waals surface area contributed by atoms with E-state index in [1.54, 1.807) is 29.2 Å². The Labute approximate surface area is 232 Å². The molecular weight excluding hydrogens is 537 g/mol. The van der Waals surface area contributed by atoms with E-state index in [-0.39, 0.29) is 54.9 Å². The zero-order valence-corrected chi connectivity index (χ0v) is 22.8. The molecule has 2 aliphatic rings. The molecule has 0 aromatic heterocycles. The standard InChI is InChI=1S/C29H30FN3O6S/c1-38-25-12-11-22(30)17-27(25)40(36,37)32-15-13-21(14-16-32)29(35)33-19-26(39-24-10-6-5-9-23(24)33)28(34)31-18-20-7-3-2-4-8-20/h2-12,17,21,26H,13-16,18-19H2,1H3,(H,31,34)/t26-/m0/s1. The summed E-state index contributed by atoms with van der Waals surface area (Å²) in [5, 5.41) is 2.88. The minimum atomic E-state index is -4.03. The number of hydrogen-bond acceptors (Lipinski definition) is 6. The van der Waals surface area contributed by atoms with Gasteiger partial charge in [0.15, 0.2) is 6.10 Å². The summed E-state index contributed by atoms with van der Waals surface area (Å²) in [4.78, 5) is 28.1. The molecule has 210 valence electrons. The van der Waals surface area contributed by atoms with Gasteiger partial charge in [0, 0.05) is 25.6 Å². The van der Waals surface area contributed by atoms with Crippen molar-refractivity contribution >= 4 is 27.5 Å². The van der Waals surface area contributed by atoms with Crippen LogP contribution in [0.2, 0.25) is 0 Å². The van der Waals surface area contributed by atoms with Crippen molar-refractivity contribution in [3.8, 4) is 11.5 Å². The molecule has 40 heavy (non-hydrogen) atoms. The molecule has 0 aliphatic carbocycles. The fraction of sp³-hybridized carbons (Fsp3) is 0.310. The number of halogens is 1. The van der Waals surface area contributed by atoms with Crippen LogP contribution >= 0.6 is 0 Å². The van der Waals surface area contributed by atoms with Gasteiger partial charge in [0.2, 0.25) is 15.9 Å². The summed E-state index contributed by atoms with van der Waals surface area (Å²) >= 11 is 0. The number of sulfonamides is 1. The summed E-state index contributed by atoms with van der Waals surface area (Å²) in [6.45, 7) is 0.546. The molecule has 2 amide bonds. The van der Waals surface area contributed by atoms with E-state index in [0.29, 0.717) is 18.0 Å². The van der Waals surface area contributed by atoms with Crippen LogP contribution < -0.4 is 19.7 Å². The fourth-order valence-corrected chi connectivity index (χ4v) is 6.67. The van der Waals surface area contributed by atoms with Crippen molar-refractivity contribution in [2.75, 3.05) is 31.6 Å². The number of methoxy groups -OCH3 is 1. The van der Waals surface area contributed by atoms with Gasteiger partial charge in [-0.3, -0.25) is 9.59 Å². The molecule has 1 fully saturated rings. The Morgan fingerprint density at radius 1 is 1.02 bits per heavy atom. The third-order valence-corrected chi connectivity index (χ3v) is 9.11. The highest BCUT2D eigenvalue weighted by Crippen LogP contribution is 2.36. The molecule has 1 N–H and O–H groups in total. The first-order valence-electron chi connectivity index (χ1n) is 13.0. The molecule has 1 saturated heterocycles. The van der Waals surface area contributed by atoms with Crippen molar-refractivity contribution in [3.05, 3.63) is 84.2 Å². The second kappa shape index (κ2) is 11.6. The van der Waals surface area contributed by atoms with Crippen LogP contribution in [0.1, 0.15) is 18.4 Å². The van der Waals surface area contributed by atoms with Gasteiger partial charge in [-0.1, -0.05) is 42.5 Å². The molecule has 0 unspecified atom stereocenters. The zero-order chi connectivity index (χ0) is 28.3. The average Bonchev–Trinajstić information content (AvgIpc) is 2.99. The normalized spacial score (nSPS) is 17.9. The van der Waals surface area contributed by atoms with Crippen LogP contribution in [0.5, 0.6) is 11.5 Å². The van der Waals surface area contributed by atoms with Crippen LogP contribution in [0.4, 0.5) is 10.1 Å². The summed E-state index contributed by atoms with van der Waals surface area (Å²) < 4.78 is 52.8. The van der Waals surface area contributed by atoms with Crippen molar-refractivity contribution in [3.63, 3.8) is 0 Å². The quantitative estimate of drug-likeness (QED) is 0.470. The number of fused-ring (bicyclic) bond motifs is 1. The predicted molar refractivity (Wildman–Crippen MR) is 146 cm³/mol. The van der Waals surface area contributed by atoms with E-state index in [2.05, 4.69) is 5.32 Å². The molecule has 0 saturated carbocycles. The first-order valence-corrected chi connectivity index (χ1v) is 14.4. The van der Waals surface area contributed by atoms with Crippen molar-refractivity contribution in [2.45, 2.75) is 30.4 Å². The maximum absolute atomic E-state index is 13.9. The van der Waals surface area contributed by atoms with Crippen molar-refractivity contribution < 1.29 is 31.9 Å². The molecule has 2 heterocycles. The Hall–Kier alpha value is -3.96. The maximum atomic E-state index is 13.9. The van der Waals surface area contributed by atoms with Gasteiger partial charge in [-0.2, -0.15) is 4.31 Å². The van der Waals surface area contributed by atoms with Gasteiger partial charge in [0.1, 0.15) is 22.2 Å². The fourth-order valence-electron chi connectivity index (χ4n) is 5.03. The van der Waals surface area contributed by atoms with E-state index in [1.165, 1.54) is 17.5 Å². The SMILES string of the molecule is COc1ccc(F)cc1S(=O)(=O)N1CCC(C(=O)N2C[C@@H](C(=O)NCc3ccccc3)Oc3ccccc32)CC1. The summed E-state index contributed by atoms with van der Waals surface area (Å²) in [5.74, 6) is -1.18. The number of amides is 2. The number of carbonyl (C=O) groups excluding carboxylic acids is 2. The molecule has 0 bridgehead atoms. The summed E-state index contributed by atoms with van der Waals surface area (Å²) in [5.41, 5.74) is 1.51. The zero-order valence-electron chi connectivity index (χ0n) is 22.0. The first kappa shape index (κ1) is 27.6. The van der Waals surface area contributed by atoms with Gasteiger partial charge in [0.25, 0.3) is 5.91 Å². The van der Waals surface area contributed by atoms with Crippen LogP contribution in [0.3, 0.4) is 0 Å². The summed E-state index contributed by atoms with van der Waals surface area (Å²) in [6.07, 6.45) is -0.344. The van der Waals surface area contributed by atoms with Crippen LogP contribution in [-0.4, -0.2) is 57.4 Å². The minimum Gasteiger partial charge on any atom is -0.495 e. The lowest BCUT2D eigenvalue weighted by molar-refractivity contribution is -0.129. The topological polar surface area (TPSA) is 105 Å². The van der Waals surface area contributed by atoms with Crippen LogP contribution in [0, 0.1) is 11.7 Å². The highest BCUT2D eigenvalue weighted by Gasteiger charge is 2.39. The first-order chi connectivity index (χ1) is 19.3. The van der Waals surface area contributed by atoms with Gasteiger partial charge in [-0.05, 0) is 48.7 Å². The van der Waals surface area contributed by atoms with Crippen molar-refractivity contribution in [1.82, 2.24) is 9.62 Å². The van der Waals surface area contributed by atoms with Crippen LogP contribution in [0.25, 0.3) is 0 Å². The molecule has 1 atom stereocenters. The lowest BCUT2D eigenvalue weighted by atomic mass is 9.95. The van der Waals surface area contributed by atoms with Gasteiger partial charge < -0.3 is 19.7 Å². The smallest absolute Gasteiger partial charge is 0.263 e. The molecule has 11 heteroatoms. The number of hydrogen-bond donors (Lipinski definition) is 1. The lowest BCUT2D eigenvalue weighted by Gasteiger charge is -2.38. The number of anilines is 1. The lowest BCUT2D eigenvalue weighted by Crippen LogP contribution is -2.53. The molecule has 0 radical (unpaired) electrons. The van der Waals surface area contributed by atoms with E-state index in [0.717, 1.165) is 17.7 Å². The Balaban J connectivity index is 1.28. The highest BCUT2D eigenvalue weighted by molar-refractivity contribution is 7.89. The predicted octanol–water partition coefficient (Wildman–Crippen LogP) is 3.35. The number of benzene rings is 3. The molecular formula is C29H30FN3O6S. The number of carbonyl (C=O) groups is 2. The largest absolute Gasteiger partial charge is 0.495 e. The third-order valence-electron chi connectivity index (χ3n) is 7.19. The summed E-state index contributed by atoms with van der Waals surface area (Å²) in [7, 11) is -2.70. The minimum absolute atomic E-state index is 0.0372. The van der Waals surface area contributed by atoms with E-state index in [1.807, 2.05) is 30.3 Å². The third kappa shape index (κ3) is 5.66. The molecule has 9 nitrogen and oxygen atoms in total. The van der Waals surface area contributed by atoms with E-state index in [9.17, 15) is 22.4 Å².